The van der Waals surface area contributed by atoms with E-state index in [2.05, 4.69) is 10.5 Å². The molecule has 8 nitrogen and oxygen atoms in total. The molecule has 0 radical (unpaired) electrons. The van der Waals surface area contributed by atoms with Gasteiger partial charge in [0.15, 0.2) is 0 Å². The molecule has 0 saturated heterocycles. The van der Waals surface area contributed by atoms with Gasteiger partial charge in [-0.3, -0.25) is 5.43 Å². The van der Waals surface area contributed by atoms with E-state index in [-0.39, 0.29) is 64.0 Å². The molecule has 0 bridgehead atoms. The van der Waals surface area contributed by atoms with Gasteiger partial charge in [0.2, 0.25) is 0 Å². The van der Waals surface area contributed by atoms with E-state index in [1.807, 2.05) is 0 Å². The third-order valence-corrected chi connectivity index (χ3v) is 3.64. The van der Waals surface area contributed by atoms with E-state index in [1.54, 1.807) is 24.3 Å². The van der Waals surface area contributed by atoms with Crippen LogP contribution in [0.25, 0.3) is 0 Å². The second kappa shape index (κ2) is 11.7. The summed E-state index contributed by atoms with van der Waals surface area (Å²) in [7, 11) is -4.47. The van der Waals surface area contributed by atoms with E-state index in [4.69, 9.17) is 4.74 Å². The molecule has 2 rings (SSSR count). The molecule has 0 heterocycles. The van der Waals surface area contributed by atoms with Crippen LogP contribution >= 0.6 is 0 Å². The van der Waals surface area contributed by atoms with E-state index in [0.29, 0.717) is 11.4 Å². The number of hydrazone groups is 1. The smallest absolute Gasteiger partial charge is 0.744 e. The molecule has 1 N–H and O–H groups in total. The average molecular weight is 394 g/mol. The number of ether oxygens (including phenoxy) is 1. The second-order valence-corrected chi connectivity index (χ2v) is 5.96. The van der Waals surface area contributed by atoms with E-state index < -0.39 is 22.7 Å². The maximum atomic E-state index is 10.8. The van der Waals surface area contributed by atoms with Crippen LogP contribution < -0.4 is 74.4 Å². The molecular formula is C15H12N2Na2O6S. The van der Waals surface area contributed by atoms with Crippen molar-refractivity contribution in [3.63, 3.8) is 0 Å². The van der Waals surface area contributed by atoms with Crippen molar-refractivity contribution in [1.82, 2.24) is 0 Å². The number of hydrogen-bond acceptors (Lipinski definition) is 8. The van der Waals surface area contributed by atoms with Crippen LogP contribution in [0.4, 0.5) is 5.69 Å². The fraction of sp³-hybridized carbons (Fsp3) is 0.0667. The van der Waals surface area contributed by atoms with Crippen LogP contribution in [0.3, 0.4) is 0 Å². The number of hydrogen-bond donors (Lipinski definition) is 1. The Morgan fingerprint density at radius 2 is 1.65 bits per heavy atom. The van der Waals surface area contributed by atoms with Gasteiger partial charge in [-0.25, -0.2) is 8.42 Å². The van der Waals surface area contributed by atoms with Crippen LogP contribution in [0.1, 0.15) is 5.56 Å². The number of carbonyl (C=O) groups excluding carboxylic acids is 1. The average Bonchev–Trinajstić information content (AvgIpc) is 2.54. The number of carboxylic acids is 1. The van der Waals surface area contributed by atoms with Crippen molar-refractivity contribution >= 4 is 28.0 Å². The van der Waals surface area contributed by atoms with Crippen LogP contribution in [0.2, 0.25) is 0 Å². The minimum absolute atomic E-state index is 0. The number of benzene rings is 2. The SMILES string of the molecule is O=C([O-])COc1ccc(/C=N/Nc2ccc(S(=O)(=O)[O-])cc2)cc1.[Na+].[Na+]. The molecular weight excluding hydrogens is 382 g/mol. The van der Waals surface area contributed by atoms with Gasteiger partial charge in [0, 0.05) is 0 Å². The molecule has 126 valence electrons. The third kappa shape index (κ3) is 8.65. The molecule has 0 amide bonds. The number of anilines is 1. The van der Waals surface area contributed by atoms with Crippen molar-refractivity contribution in [2.75, 3.05) is 12.0 Å². The second-order valence-electron chi connectivity index (χ2n) is 4.58. The molecule has 0 atom stereocenters. The first kappa shape index (κ1) is 25.1. The van der Waals surface area contributed by atoms with E-state index in [9.17, 15) is 22.9 Å². The number of rotatable bonds is 7. The van der Waals surface area contributed by atoms with Crippen LogP contribution in [0.15, 0.2) is 58.5 Å². The third-order valence-electron chi connectivity index (χ3n) is 2.79. The van der Waals surface area contributed by atoms with Crippen molar-refractivity contribution in [3.05, 3.63) is 54.1 Å². The van der Waals surface area contributed by atoms with Gasteiger partial charge in [-0.15, -0.1) is 0 Å². The van der Waals surface area contributed by atoms with Gasteiger partial charge in [-0.2, -0.15) is 5.10 Å². The number of nitrogens with one attached hydrogen (secondary N) is 1. The van der Waals surface area contributed by atoms with Gasteiger partial charge in [0.1, 0.15) is 22.5 Å². The molecule has 2 aromatic carbocycles. The first-order chi connectivity index (χ1) is 11.3. The molecule has 11 heteroatoms. The first-order valence-corrected chi connectivity index (χ1v) is 8.03. The van der Waals surface area contributed by atoms with Gasteiger partial charge >= 0.3 is 59.1 Å². The number of nitrogens with zero attached hydrogens (tertiary/aromatic N) is 1. The predicted octanol–water partition coefficient (Wildman–Crippen LogP) is -5.83. The Kier molecular flexibility index (Phi) is 11.3. The first-order valence-electron chi connectivity index (χ1n) is 6.62. The van der Waals surface area contributed by atoms with Crippen molar-refractivity contribution in [2.24, 2.45) is 5.10 Å². The number of aliphatic carboxylic acids is 1. The monoisotopic (exact) mass is 394 g/mol. The van der Waals surface area contributed by atoms with Crippen LogP contribution in [0.5, 0.6) is 5.75 Å². The summed E-state index contributed by atoms with van der Waals surface area (Å²) in [4.78, 5) is 9.96. The zero-order valence-corrected chi connectivity index (χ0v) is 19.0. The summed E-state index contributed by atoms with van der Waals surface area (Å²) in [6, 6.07) is 11.7. The van der Waals surface area contributed by atoms with Crippen LogP contribution in [-0.4, -0.2) is 31.8 Å². The van der Waals surface area contributed by atoms with E-state index in [0.717, 1.165) is 5.56 Å². The molecule has 0 unspecified atom stereocenters. The molecule has 0 spiro atoms. The van der Waals surface area contributed by atoms with Gasteiger partial charge < -0.3 is 19.2 Å². The Bertz CT molecular complexity index is 839. The summed E-state index contributed by atoms with van der Waals surface area (Å²) >= 11 is 0. The van der Waals surface area contributed by atoms with Crippen LogP contribution in [-0.2, 0) is 14.9 Å². The quantitative estimate of drug-likeness (QED) is 0.214. The summed E-state index contributed by atoms with van der Waals surface area (Å²) in [6.45, 7) is -0.524. The molecule has 0 aliphatic heterocycles. The summed E-state index contributed by atoms with van der Waals surface area (Å²) in [5.74, 6) is -0.917. The van der Waals surface area contributed by atoms with Crippen molar-refractivity contribution in [3.8, 4) is 5.75 Å². The largest absolute Gasteiger partial charge is 1.00 e. The zero-order chi connectivity index (χ0) is 17.6. The van der Waals surface area contributed by atoms with Crippen molar-refractivity contribution in [2.45, 2.75) is 4.90 Å². The zero-order valence-electron chi connectivity index (χ0n) is 14.2. The molecule has 0 aromatic heterocycles. The number of carbonyl (C=O) groups is 1. The molecule has 2 aromatic rings. The summed E-state index contributed by atoms with van der Waals surface area (Å²) in [6.07, 6.45) is 1.50. The fourth-order valence-corrected chi connectivity index (χ4v) is 2.14. The van der Waals surface area contributed by atoms with Crippen molar-refractivity contribution in [1.29, 1.82) is 0 Å². The maximum Gasteiger partial charge on any atom is 1.00 e. The maximum absolute atomic E-state index is 10.8. The van der Waals surface area contributed by atoms with E-state index in [1.165, 1.54) is 30.5 Å². The minimum Gasteiger partial charge on any atom is -0.744 e. The summed E-state index contributed by atoms with van der Waals surface area (Å²) < 4.78 is 37.3. The summed E-state index contributed by atoms with van der Waals surface area (Å²) in [5, 5.41) is 14.2. The van der Waals surface area contributed by atoms with Gasteiger partial charge in [-0.05, 0) is 54.1 Å². The molecule has 0 aliphatic rings. The minimum atomic E-state index is -4.47. The molecule has 0 aliphatic carbocycles. The van der Waals surface area contributed by atoms with Gasteiger partial charge in [0.05, 0.1) is 22.8 Å². The standard InChI is InChI=1S/C15H14N2O6S.2Na/c18-15(19)10-23-13-5-1-11(2-6-13)9-16-17-12-3-7-14(8-4-12)24(20,21)22;;/h1-9,17H,10H2,(H,18,19)(H,20,21,22);;/q;2*+1/p-2/b16-9+;;. The Balaban J connectivity index is 0.00000312. The normalized spacial score (nSPS) is 10.5. The Hall–Kier alpha value is -0.910. The Morgan fingerprint density at radius 1 is 1.08 bits per heavy atom. The van der Waals surface area contributed by atoms with E-state index >= 15 is 0 Å². The van der Waals surface area contributed by atoms with Gasteiger partial charge in [0.25, 0.3) is 0 Å². The predicted molar refractivity (Wildman–Crippen MR) is 82.6 cm³/mol. The summed E-state index contributed by atoms with van der Waals surface area (Å²) in [5.41, 5.74) is 3.91. The Morgan fingerprint density at radius 3 is 2.15 bits per heavy atom. The molecule has 26 heavy (non-hydrogen) atoms. The fourth-order valence-electron chi connectivity index (χ4n) is 1.67. The number of carboxylic acid groups (broad SMARTS) is 1. The van der Waals surface area contributed by atoms with Crippen LogP contribution in [0, 0.1) is 0 Å². The molecule has 0 fully saturated rings. The van der Waals surface area contributed by atoms with Gasteiger partial charge in [-0.1, -0.05) is 0 Å². The molecule has 0 saturated carbocycles. The topological polar surface area (TPSA) is 131 Å². The Labute approximate surface area is 195 Å². The van der Waals surface area contributed by atoms with Crippen molar-refractivity contribution < 1.29 is 86.7 Å².